The largest absolute Gasteiger partial charge is 0.391 e. The third kappa shape index (κ3) is 5.16. The van der Waals surface area contributed by atoms with E-state index in [1.807, 2.05) is 13.8 Å². The van der Waals surface area contributed by atoms with Crippen molar-refractivity contribution in [1.29, 1.82) is 0 Å². The maximum absolute atomic E-state index is 9.19. The van der Waals surface area contributed by atoms with Gasteiger partial charge in [-0.3, -0.25) is 0 Å². The van der Waals surface area contributed by atoms with Crippen LogP contribution in [-0.2, 0) is 4.74 Å². The minimum absolute atomic E-state index is 0.0244. The van der Waals surface area contributed by atoms with Gasteiger partial charge in [-0.1, -0.05) is 20.4 Å². The highest BCUT2D eigenvalue weighted by Crippen LogP contribution is 1.97. The van der Waals surface area contributed by atoms with Crippen molar-refractivity contribution < 1.29 is 9.84 Å². The molecular weight excluding hydrogens is 154 g/mol. The molecule has 0 fully saturated rings. The van der Waals surface area contributed by atoms with E-state index in [1.165, 1.54) is 0 Å². The van der Waals surface area contributed by atoms with Crippen LogP contribution in [0.15, 0.2) is 12.8 Å². The maximum atomic E-state index is 9.19. The Morgan fingerprint density at radius 3 is 2.58 bits per heavy atom. The molecule has 12 heavy (non-hydrogen) atoms. The molecule has 0 aromatic carbocycles. The standard InChI is InChI=1S/C9H19NO2/c1-4-8(11)7-12-9(5-2)10-6-3/h6,8-11H,3-5,7H2,1-2H3. The Bertz CT molecular complexity index is 117. The summed E-state index contributed by atoms with van der Waals surface area (Å²) >= 11 is 0. The Kier molecular flexibility index (Phi) is 6.81. The lowest BCUT2D eigenvalue weighted by molar-refractivity contribution is -0.0203. The zero-order chi connectivity index (χ0) is 9.40. The molecule has 72 valence electrons. The monoisotopic (exact) mass is 173 g/mol. The quantitative estimate of drug-likeness (QED) is 0.569. The second kappa shape index (κ2) is 7.13. The first-order valence-electron chi connectivity index (χ1n) is 4.41. The number of hydrogen-bond acceptors (Lipinski definition) is 3. The molecule has 3 nitrogen and oxygen atoms in total. The number of hydrogen-bond donors (Lipinski definition) is 2. The fourth-order valence-corrected chi connectivity index (χ4v) is 0.760. The first-order valence-corrected chi connectivity index (χ1v) is 4.41. The molecule has 0 saturated heterocycles. The van der Waals surface area contributed by atoms with Crippen molar-refractivity contribution in [2.24, 2.45) is 0 Å². The van der Waals surface area contributed by atoms with E-state index in [2.05, 4.69) is 11.9 Å². The number of aliphatic hydroxyl groups excluding tert-OH is 1. The fraction of sp³-hybridized carbons (Fsp3) is 0.778. The summed E-state index contributed by atoms with van der Waals surface area (Å²) in [6.45, 7) is 7.87. The average molecular weight is 173 g/mol. The lowest BCUT2D eigenvalue weighted by Crippen LogP contribution is -2.30. The second-order valence-corrected chi connectivity index (χ2v) is 2.66. The number of nitrogens with one attached hydrogen (secondary N) is 1. The summed E-state index contributed by atoms with van der Waals surface area (Å²) in [7, 11) is 0. The van der Waals surface area contributed by atoms with Crippen molar-refractivity contribution in [3.8, 4) is 0 Å². The molecule has 0 amide bonds. The molecule has 0 aromatic heterocycles. The summed E-state index contributed by atoms with van der Waals surface area (Å²) in [5, 5.41) is 12.1. The maximum Gasteiger partial charge on any atom is 0.127 e. The van der Waals surface area contributed by atoms with Gasteiger partial charge in [0.2, 0.25) is 0 Å². The van der Waals surface area contributed by atoms with Crippen LogP contribution < -0.4 is 5.32 Å². The van der Waals surface area contributed by atoms with Gasteiger partial charge in [-0.2, -0.15) is 0 Å². The fourth-order valence-electron chi connectivity index (χ4n) is 0.760. The predicted molar refractivity (Wildman–Crippen MR) is 49.7 cm³/mol. The van der Waals surface area contributed by atoms with Crippen LogP contribution in [0.2, 0.25) is 0 Å². The predicted octanol–water partition coefficient (Wildman–Crippen LogP) is 1.24. The molecule has 0 spiro atoms. The highest BCUT2D eigenvalue weighted by atomic mass is 16.5. The van der Waals surface area contributed by atoms with Crippen LogP contribution in [0.1, 0.15) is 26.7 Å². The Hall–Kier alpha value is -0.540. The first kappa shape index (κ1) is 11.5. The van der Waals surface area contributed by atoms with Crippen LogP contribution in [0.4, 0.5) is 0 Å². The van der Waals surface area contributed by atoms with Crippen LogP contribution in [0.25, 0.3) is 0 Å². The molecule has 3 heteroatoms. The molecule has 0 heterocycles. The third-order valence-electron chi connectivity index (χ3n) is 1.64. The normalized spacial score (nSPS) is 15.2. The molecule has 2 atom stereocenters. The Labute approximate surface area is 74.4 Å². The van der Waals surface area contributed by atoms with Gasteiger partial charge < -0.3 is 15.2 Å². The Morgan fingerprint density at radius 1 is 1.50 bits per heavy atom. The van der Waals surface area contributed by atoms with Gasteiger partial charge in [-0.15, -0.1) is 0 Å². The zero-order valence-corrected chi connectivity index (χ0v) is 7.92. The second-order valence-electron chi connectivity index (χ2n) is 2.66. The Morgan fingerprint density at radius 2 is 2.17 bits per heavy atom. The van der Waals surface area contributed by atoms with E-state index in [-0.39, 0.29) is 12.3 Å². The van der Waals surface area contributed by atoms with E-state index in [1.54, 1.807) is 6.20 Å². The lowest BCUT2D eigenvalue weighted by Gasteiger charge is -2.17. The van der Waals surface area contributed by atoms with Crippen molar-refractivity contribution in [1.82, 2.24) is 5.32 Å². The van der Waals surface area contributed by atoms with Crippen LogP contribution in [0, 0.1) is 0 Å². The molecular formula is C9H19NO2. The van der Waals surface area contributed by atoms with Gasteiger partial charge in [0.25, 0.3) is 0 Å². The minimum Gasteiger partial charge on any atom is -0.391 e. The summed E-state index contributed by atoms with van der Waals surface area (Å²) in [4.78, 5) is 0. The van der Waals surface area contributed by atoms with Gasteiger partial charge in [-0.05, 0) is 19.0 Å². The third-order valence-corrected chi connectivity index (χ3v) is 1.64. The van der Waals surface area contributed by atoms with Crippen molar-refractivity contribution in [3.63, 3.8) is 0 Å². The summed E-state index contributed by atoms with van der Waals surface area (Å²) in [6, 6.07) is 0. The van der Waals surface area contributed by atoms with E-state index in [0.29, 0.717) is 6.61 Å². The summed E-state index contributed by atoms with van der Waals surface area (Å²) in [5.74, 6) is 0. The molecule has 2 N–H and O–H groups in total. The summed E-state index contributed by atoms with van der Waals surface area (Å²) in [5.41, 5.74) is 0. The molecule has 0 aliphatic carbocycles. The first-order chi connectivity index (χ1) is 5.74. The lowest BCUT2D eigenvalue weighted by atomic mass is 10.3. The van der Waals surface area contributed by atoms with Crippen molar-refractivity contribution in [2.75, 3.05) is 6.61 Å². The van der Waals surface area contributed by atoms with Crippen LogP contribution in [-0.4, -0.2) is 24.0 Å². The molecule has 2 unspecified atom stereocenters. The molecule has 0 aliphatic rings. The minimum atomic E-state index is -0.356. The zero-order valence-electron chi connectivity index (χ0n) is 7.92. The number of rotatable bonds is 7. The van der Waals surface area contributed by atoms with Gasteiger partial charge in [-0.25, -0.2) is 0 Å². The van der Waals surface area contributed by atoms with Crippen LogP contribution in [0.5, 0.6) is 0 Å². The summed E-state index contributed by atoms with van der Waals surface area (Å²) < 4.78 is 5.35. The SMILES string of the molecule is C=CNC(CC)OCC(O)CC. The van der Waals surface area contributed by atoms with Crippen LogP contribution in [0.3, 0.4) is 0 Å². The number of aliphatic hydroxyl groups is 1. The topological polar surface area (TPSA) is 41.5 Å². The number of ether oxygens (including phenoxy) is 1. The van der Waals surface area contributed by atoms with E-state index >= 15 is 0 Å². The van der Waals surface area contributed by atoms with Gasteiger partial charge in [0.15, 0.2) is 0 Å². The van der Waals surface area contributed by atoms with Crippen molar-refractivity contribution in [3.05, 3.63) is 12.8 Å². The Balaban J connectivity index is 3.49. The average Bonchev–Trinajstić information content (AvgIpc) is 2.11. The smallest absolute Gasteiger partial charge is 0.127 e. The van der Waals surface area contributed by atoms with Gasteiger partial charge in [0, 0.05) is 0 Å². The van der Waals surface area contributed by atoms with Crippen LogP contribution >= 0.6 is 0 Å². The molecule has 0 rings (SSSR count). The van der Waals surface area contributed by atoms with Crippen molar-refractivity contribution >= 4 is 0 Å². The van der Waals surface area contributed by atoms with Gasteiger partial charge >= 0.3 is 0 Å². The van der Waals surface area contributed by atoms with E-state index in [9.17, 15) is 5.11 Å². The van der Waals surface area contributed by atoms with E-state index in [4.69, 9.17) is 4.74 Å². The molecule has 0 radical (unpaired) electrons. The molecule has 0 bridgehead atoms. The van der Waals surface area contributed by atoms with Gasteiger partial charge in [0.05, 0.1) is 12.7 Å². The van der Waals surface area contributed by atoms with Gasteiger partial charge in [0.1, 0.15) is 6.23 Å². The highest BCUT2D eigenvalue weighted by Gasteiger charge is 2.06. The molecule has 0 saturated carbocycles. The highest BCUT2D eigenvalue weighted by molar-refractivity contribution is 4.66. The van der Waals surface area contributed by atoms with Crippen molar-refractivity contribution in [2.45, 2.75) is 39.0 Å². The molecule has 0 aromatic rings. The van der Waals surface area contributed by atoms with E-state index < -0.39 is 0 Å². The van der Waals surface area contributed by atoms with E-state index in [0.717, 1.165) is 12.8 Å². The molecule has 0 aliphatic heterocycles. The summed E-state index contributed by atoms with van der Waals surface area (Å²) in [6.07, 6.45) is 2.81.